The quantitative estimate of drug-likeness (QED) is 0.640. The molecule has 5 unspecified atom stereocenters. The highest BCUT2D eigenvalue weighted by molar-refractivity contribution is 5.81. The van der Waals surface area contributed by atoms with Gasteiger partial charge in [0.1, 0.15) is 6.67 Å². The smallest absolute Gasteiger partial charge is 0.230 e. The maximum Gasteiger partial charge on any atom is 0.230 e. The van der Waals surface area contributed by atoms with Crippen LogP contribution >= 0.6 is 0 Å². The highest BCUT2D eigenvalue weighted by Gasteiger charge is 2.50. The van der Waals surface area contributed by atoms with Gasteiger partial charge in [0.2, 0.25) is 5.91 Å². The number of carbonyl (C=O) groups excluding carboxylic acids is 1. The lowest BCUT2D eigenvalue weighted by atomic mass is 9.96. The Bertz CT molecular complexity index is 553. The standard InChI is InChI=1S/C15H21FN4O2/c1-8-3-5-10(6-4-8)9(2)20-13-12(11(7-16)19-20)14(21)18-15(22)17-13/h3-6,9,11-13,15,17,19,22H,7H2,1-2H3,(H,18,21). The Labute approximate surface area is 128 Å². The number of aryl methyl sites for hydroxylation is 1. The van der Waals surface area contributed by atoms with Crippen molar-refractivity contribution >= 4 is 5.91 Å². The van der Waals surface area contributed by atoms with Crippen molar-refractivity contribution in [3.8, 4) is 0 Å². The molecule has 1 aromatic rings. The number of nitrogens with zero attached hydrogens (tertiary/aromatic N) is 1. The Kier molecular flexibility index (Phi) is 4.14. The second-order valence-electron chi connectivity index (χ2n) is 5.93. The molecule has 2 saturated heterocycles. The van der Waals surface area contributed by atoms with Crippen molar-refractivity contribution < 1.29 is 14.3 Å². The van der Waals surface area contributed by atoms with E-state index in [4.69, 9.17) is 0 Å². The minimum Gasteiger partial charge on any atom is -0.361 e. The van der Waals surface area contributed by atoms with Gasteiger partial charge >= 0.3 is 0 Å². The van der Waals surface area contributed by atoms with Crippen LogP contribution in [0.25, 0.3) is 0 Å². The SMILES string of the molecule is Cc1ccc(C(C)N2NC(CF)C3C(=O)NC(O)NC32)cc1. The Morgan fingerprint density at radius 1 is 1.36 bits per heavy atom. The van der Waals surface area contributed by atoms with Gasteiger partial charge in [0.15, 0.2) is 6.35 Å². The van der Waals surface area contributed by atoms with Crippen LogP contribution in [0.2, 0.25) is 0 Å². The molecule has 0 spiro atoms. The van der Waals surface area contributed by atoms with Gasteiger partial charge in [0, 0.05) is 6.04 Å². The second-order valence-corrected chi connectivity index (χ2v) is 5.93. The fourth-order valence-corrected chi connectivity index (χ4v) is 3.18. The van der Waals surface area contributed by atoms with E-state index >= 15 is 0 Å². The normalized spacial score (nSPS) is 33.4. The largest absolute Gasteiger partial charge is 0.361 e. The summed E-state index contributed by atoms with van der Waals surface area (Å²) >= 11 is 0. The van der Waals surface area contributed by atoms with Gasteiger partial charge in [0.25, 0.3) is 0 Å². The molecule has 2 heterocycles. The molecule has 1 aromatic carbocycles. The van der Waals surface area contributed by atoms with Gasteiger partial charge in [-0.1, -0.05) is 29.8 Å². The summed E-state index contributed by atoms with van der Waals surface area (Å²) in [7, 11) is 0. The van der Waals surface area contributed by atoms with E-state index in [0.29, 0.717) is 0 Å². The summed E-state index contributed by atoms with van der Waals surface area (Å²) in [5.41, 5.74) is 5.29. The number of carbonyl (C=O) groups is 1. The van der Waals surface area contributed by atoms with E-state index in [-0.39, 0.29) is 11.9 Å². The summed E-state index contributed by atoms with van der Waals surface area (Å²) in [6, 6.07) is 7.38. The van der Waals surface area contributed by atoms with E-state index in [2.05, 4.69) is 16.1 Å². The van der Waals surface area contributed by atoms with Crippen molar-refractivity contribution in [1.82, 2.24) is 21.1 Å². The van der Waals surface area contributed by atoms with Crippen LogP contribution in [-0.4, -0.2) is 41.3 Å². The molecule has 0 aliphatic carbocycles. The highest BCUT2D eigenvalue weighted by Crippen LogP contribution is 2.31. The number of fused-ring (bicyclic) bond motifs is 1. The van der Waals surface area contributed by atoms with Crippen LogP contribution in [0.15, 0.2) is 24.3 Å². The molecule has 3 rings (SSSR count). The lowest BCUT2D eigenvalue weighted by Gasteiger charge is -2.37. The van der Waals surface area contributed by atoms with Gasteiger partial charge in [-0.25, -0.2) is 14.8 Å². The molecule has 6 nitrogen and oxygen atoms in total. The molecule has 120 valence electrons. The third-order valence-corrected chi connectivity index (χ3v) is 4.44. The van der Waals surface area contributed by atoms with Crippen molar-refractivity contribution in [3.05, 3.63) is 35.4 Å². The van der Waals surface area contributed by atoms with E-state index < -0.39 is 31.2 Å². The Balaban J connectivity index is 1.86. The van der Waals surface area contributed by atoms with Crippen molar-refractivity contribution in [2.75, 3.05) is 6.67 Å². The topological polar surface area (TPSA) is 76.6 Å². The summed E-state index contributed by atoms with van der Waals surface area (Å²) in [6.07, 6.45) is -1.58. The summed E-state index contributed by atoms with van der Waals surface area (Å²) in [5.74, 6) is -0.925. The number of rotatable bonds is 3. The highest BCUT2D eigenvalue weighted by atomic mass is 19.1. The van der Waals surface area contributed by atoms with Crippen molar-refractivity contribution in [2.45, 2.75) is 38.4 Å². The predicted octanol–water partition coefficient (Wildman–Crippen LogP) is 0.152. The van der Waals surface area contributed by atoms with Crippen LogP contribution in [0.4, 0.5) is 4.39 Å². The predicted molar refractivity (Wildman–Crippen MR) is 78.9 cm³/mol. The zero-order valence-corrected chi connectivity index (χ0v) is 12.6. The van der Waals surface area contributed by atoms with E-state index in [1.54, 1.807) is 0 Å². The average molecular weight is 308 g/mol. The summed E-state index contributed by atoms with van der Waals surface area (Å²) in [6.45, 7) is 3.35. The Morgan fingerprint density at radius 2 is 2.05 bits per heavy atom. The molecule has 0 radical (unpaired) electrons. The second kappa shape index (κ2) is 5.92. The van der Waals surface area contributed by atoms with E-state index in [1.807, 2.05) is 43.1 Å². The van der Waals surface area contributed by atoms with Gasteiger partial charge in [-0.05, 0) is 19.4 Å². The van der Waals surface area contributed by atoms with Gasteiger partial charge in [0.05, 0.1) is 18.1 Å². The molecule has 7 heteroatoms. The first-order chi connectivity index (χ1) is 10.5. The molecule has 5 atom stereocenters. The molecule has 4 N–H and O–H groups in total. The Morgan fingerprint density at radius 3 is 2.68 bits per heavy atom. The van der Waals surface area contributed by atoms with Gasteiger partial charge in [-0.2, -0.15) is 0 Å². The first-order valence-corrected chi connectivity index (χ1v) is 7.43. The molecule has 2 aliphatic heterocycles. The van der Waals surface area contributed by atoms with Crippen LogP contribution in [0.1, 0.15) is 24.1 Å². The van der Waals surface area contributed by atoms with Gasteiger partial charge in [-0.3, -0.25) is 10.1 Å². The zero-order chi connectivity index (χ0) is 15.9. The van der Waals surface area contributed by atoms with Crippen molar-refractivity contribution in [3.63, 3.8) is 0 Å². The number of alkyl halides is 1. The van der Waals surface area contributed by atoms with Crippen LogP contribution in [0.5, 0.6) is 0 Å². The molecule has 0 aromatic heterocycles. The fraction of sp³-hybridized carbons (Fsp3) is 0.533. The van der Waals surface area contributed by atoms with Crippen LogP contribution in [-0.2, 0) is 4.79 Å². The van der Waals surface area contributed by atoms with Gasteiger partial charge < -0.3 is 10.4 Å². The number of aliphatic hydroxyl groups is 1. The van der Waals surface area contributed by atoms with Crippen molar-refractivity contribution in [2.24, 2.45) is 5.92 Å². The monoisotopic (exact) mass is 308 g/mol. The number of benzene rings is 1. The molecule has 0 saturated carbocycles. The fourth-order valence-electron chi connectivity index (χ4n) is 3.18. The van der Waals surface area contributed by atoms with E-state index in [1.165, 1.54) is 0 Å². The number of amides is 1. The minimum atomic E-state index is -1.12. The van der Waals surface area contributed by atoms with Crippen LogP contribution < -0.4 is 16.1 Å². The number of halogens is 1. The lowest BCUT2D eigenvalue weighted by Crippen LogP contribution is -2.64. The summed E-state index contributed by atoms with van der Waals surface area (Å²) < 4.78 is 13.3. The number of hydrogen-bond acceptors (Lipinski definition) is 5. The molecular weight excluding hydrogens is 287 g/mol. The third-order valence-electron chi connectivity index (χ3n) is 4.44. The molecule has 0 bridgehead atoms. The summed E-state index contributed by atoms with van der Waals surface area (Å²) in [5, 5.41) is 16.8. The van der Waals surface area contributed by atoms with E-state index in [9.17, 15) is 14.3 Å². The molecule has 2 fully saturated rings. The first kappa shape index (κ1) is 15.4. The van der Waals surface area contributed by atoms with Crippen LogP contribution in [0, 0.1) is 12.8 Å². The average Bonchev–Trinajstić information content (AvgIpc) is 2.86. The third kappa shape index (κ3) is 2.61. The number of nitrogens with one attached hydrogen (secondary N) is 3. The Hall–Kier alpha value is -1.54. The lowest BCUT2D eigenvalue weighted by molar-refractivity contribution is -0.136. The molecule has 1 amide bonds. The number of hydrogen-bond donors (Lipinski definition) is 4. The zero-order valence-electron chi connectivity index (χ0n) is 12.6. The first-order valence-electron chi connectivity index (χ1n) is 7.43. The van der Waals surface area contributed by atoms with E-state index in [0.717, 1.165) is 11.1 Å². The molecule has 2 aliphatic rings. The van der Waals surface area contributed by atoms with Gasteiger partial charge in [-0.15, -0.1) is 0 Å². The molecular formula is C15H21FN4O2. The number of hydrazine groups is 1. The molecule has 22 heavy (non-hydrogen) atoms. The van der Waals surface area contributed by atoms with Crippen LogP contribution in [0.3, 0.4) is 0 Å². The summed E-state index contributed by atoms with van der Waals surface area (Å²) in [4.78, 5) is 12.1. The maximum absolute atomic E-state index is 13.3. The number of aliphatic hydroxyl groups excluding tert-OH is 1. The minimum absolute atomic E-state index is 0.0738. The van der Waals surface area contributed by atoms with Crippen molar-refractivity contribution in [1.29, 1.82) is 0 Å². The maximum atomic E-state index is 13.3.